The van der Waals surface area contributed by atoms with Crippen molar-refractivity contribution in [3.63, 3.8) is 0 Å². The minimum atomic E-state index is -0.722. The number of fused-ring (bicyclic) bond motifs is 1. The van der Waals surface area contributed by atoms with Gasteiger partial charge < -0.3 is 10.4 Å². The highest BCUT2D eigenvalue weighted by atomic mass is 16.3. The summed E-state index contributed by atoms with van der Waals surface area (Å²) >= 11 is 0. The van der Waals surface area contributed by atoms with Crippen LogP contribution >= 0.6 is 0 Å². The molecule has 1 aromatic heterocycles. The van der Waals surface area contributed by atoms with Crippen molar-refractivity contribution in [2.45, 2.75) is 31.4 Å². The molecule has 0 saturated carbocycles. The molecule has 2 N–H and O–H groups in total. The number of benzene rings is 2. The molecule has 1 heterocycles. The maximum atomic E-state index is 11.0. The zero-order chi connectivity index (χ0) is 17.3. The lowest BCUT2D eigenvalue weighted by atomic mass is 9.99. The number of nitrogens with zero attached hydrogens (tertiary/aromatic N) is 3. The molecule has 0 spiro atoms. The molecule has 25 heavy (non-hydrogen) atoms. The first-order valence-corrected chi connectivity index (χ1v) is 8.63. The predicted molar refractivity (Wildman–Crippen MR) is 96.6 cm³/mol. The van der Waals surface area contributed by atoms with Gasteiger partial charge in [0.2, 0.25) is 0 Å². The van der Waals surface area contributed by atoms with Gasteiger partial charge in [0.25, 0.3) is 0 Å². The number of nitrogens with one attached hydrogen (secondary N) is 1. The zero-order valence-corrected chi connectivity index (χ0v) is 14.3. The second kappa shape index (κ2) is 6.43. The molecule has 0 aliphatic heterocycles. The molecule has 2 aromatic carbocycles. The fourth-order valence-corrected chi connectivity index (χ4v) is 3.65. The normalized spacial score (nSPS) is 16.6. The van der Waals surface area contributed by atoms with E-state index in [0.717, 1.165) is 11.3 Å². The van der Waals surface area contributed by atoms with Gasteiger partial charge in [-0.3, -0.25) is 0 Å². The number of hydrogen-bond donors (Lipinski definition) is 2. The Morgan fingerprint density at radius 1 is 1.12 bits per heavy atom. The maximum Gasteiger partial charge on any atom is 0.0852 e. The number of para-hydroxylation sites is 1. The van der Waals surface area contributed by atoms with Crippen molar-refractivity contribution in [3.8, 4) is 5.69 Å². The van der Waals surface area contributed by atoms with Crippen LogP contribution in [0.2, 0.25) is 0 Å². The molecular formula is C20H22N4O. The van der Waals surface area contributed by atoms with Crippen LogP contribution in [0.5, 0.6) is 0 Å². The Balaban J connectivity index is 1.48. The molecular weight excluding hydrogens is 312 g/mol. The topological polar surface area (TPSA) is 63.0 Å². The molecule has 5 heteroatoms. The quantitative estimate of drug-likeness (QED) is 0.752. The van der Waals surface area contributed by atoms with Gasteiger partial charge in [0.1, 0.15) is 0 Å². The monoisotopic (exact) mass is 334 g/mol. The Morgan fingerprint density at radius 2 is 1.80 bits per heavy atom. The summed E-state index contributed by atoms with van der Waals surface area (Å²) in [5.41, 5.74) is 3.92. The molecule has 1 aliphatic carbocycles. The van der Waals surface area contributed by atoms with E-state index in [0.29, 0.717) is 19.4 Å². The first kappa shape index (κ1) is 16.0. The lowest BCUT2D eigenvalue weighted by molar-refractivity contribution is 0.0488. The average molecular weight is 334 g/mol. The first-order chi connectivity index (χ1) is 12.1. The van der Waals surface area contributed by atoms with Crippen molar-refractivity contribution < 1.29 is 5.11 Å². The fourth-order valence-electron chi connectivity index (χ4n) is 3.65. The van der Waals surface area contributed by atoms with Gasteiger partial charge in [0, 0.05) is 25.4 Å². The third-order valence-electron chi connectivity index (χ3n) is 4.97. The summed E-state index contributed by atoms with van der Waals surface area (Å²) in [6.07, 6.45) is 4.92. The lowest BCUT2D eigenvalue weighted by Gasteiger charge is -2.26. The predicted octanol–water partition coefficient (Wildman–Crippen LogP) is 2.45. The Hall–Kier alpha value is -2.50. The van der Waals surface area contributed by atoms with Crippen LogP contribution in [-0.2, 0) is 12.8 Å². The van der Waals surface area contributed by atoms with Gasteiger partial charge in [-0.1, -0.05) is 47.7 Å². The molecule has 4 rings (SSSR count). The summed E-state index contributed by atoms with van der Waals surface area (Å²) < 4.78 is 1.77. The van der Waals surface area contributed by atoms with Crippen LogP contribution in [0.3, 0.4) is 0 Å². The Bertz CT molecular complexity index is 835. The first-order valence-electron chi connectivity index (χ1n) is 8.63. The molecule has 1 atom stereocenters. The summed E-state index contributed by atoms with van der Waals surface area (Å²) in [4.78, 5) is 0. The van der Waals surface area contributed by atoms with E-state index in [2.05, 4.69) is 40.8 Å². The highest BCUT2D eigenvalue weighted by Gasteiger charge is 2.35. The molecule has 1 unspecified atom stereocenters. The summed E-state index contributed by atoms with van der Waals surface area (Å²) in [6.45, 7) is 2.66. The van der Waals surface area contributed by atoms with E-state index in [1.54, 1.807) is 10.9 Å². The van der Waals surface area contributed by atoms with E-state index in [1.165, 1.54) is 11.1 Å². The van der Waals surface area contributed by atoms with E-state index in [9.17, 15) is 5.11 Å². The van der Waals surface area contributed by atoms with Crippen LogP contribution < -0.4 is 5.32 Å². The smallest absolute Gasteiger partial charge is 0.0852 e. The van der Waals surface area contributed by atoms with Gasteiger partial charge >= 0.3 is 0 Å². The Kier molecular flexibility index (Phi) is 4.11. The van der Waals surface area contributed by atoms with Crippen molar-refractivity contribution >= 4 is 0 Å². The molecule has 3 aromatic rings. The average Bonchev–Trinajstić information content (AvgIpc) is 3.27. The van der Waals surface area contributed by atoms with Gasteiger partial charge in [0.05, 0.1) is 23.7 Å². The van der Waals surface area contributed by atoms with Crippen LogP contribution in [0, 0.1) is 0 Å². The van der Waals surface area contributed by atoms with Crippen LogP contribution in [0.4, 0.5) is 0 Å². The highest BCUT2D eigenvalue weighted by molar-refractivity contribution is 5.42. The van der Waals surface area contributed by atoms with Crippen LogP contribution in [0.25, 0.3) is 5.69 Å². The van der Waals surface area contributed by atoms with E-state index in [4.69, 9.17) is 0 Å². The van der Waals surface area contributed by atoms with Gasteiger partial charge in [0.15, 0.2) is 0 Å². The second-order valence-electron chi connectivity index (χ2n) is 6.86. The maximum absolute atomic E-state index is 11.0. The summed E-state index contributed by atoms with van der Waals surface area (Å²) in [5.74, 6) is 0. The summed E-state index contributed by atoms with van der Waals surface area (Å²) in [6, 6.07) is 16.5. The number of aliphatic hydroxyl groups is 1. The minimum absolute atomic E-state index is 0.0909. The lowest BCUT2D eigenvalue weighted by Crippen LogP contribution is -2.42. The molecule has 128 valence electrons. The van der Waals surface area contributed by atoms with Crippen molar-refractivity contribution in [1.82, 2.24) is 20.3 Å². The molecule has 1 aliphatic rings. The van der Waals surface area contributed by atoms with Crippen molar-refractivity contribution in [3.05, 3.63) is 77.6 Å². The van der Waals surface area contributed by atoms with Gasteiger partial charge in [-0.15, -0.1) is 5.10 Å². The van der Waals surface area contributed by atoms with Crippen LogP contribution in [0.15, 0.2) is 60.9 Å². The van der Waals surface area contributed by atoms with E-state index in [1.807, 2.05) is 36.5 Å². The van der Waals surface area contributed by atoms with E-state index < -0.39 is 5.60 Å². The number of rotatable bonds is 5. The second-order valence-corrected chi connectivity index (χ2v) is 6.86. The number of hydrogen-bond acceptors (Lipinski definition) is 4. The highest BCUT2D eigenvalue weighted by Crippen LogP contribution is 2.30. The van der Waals surface area contributed by atoms with Crippen molar-refractivity contribution in [2.24, 2.45) is 0 Å². The van der Waals surface area contributed by atoms with Crippen molar-refractivity contribution in [1.29, 1.82) is 0 Å². The Labute approximate surface area is 147 Å². The van der Waals surface area contributed by atoms with Crippen molar-refractivity contribution in [2.75, 3.05) is 6.54 Å². The largest absolute Gasteiger partial charge is 0.388 e. The molecule has 0 saturated heterocycles. The Morgan fingerprint density at radius 3 is 2.48 bits per heavy atom. The summed E-state index contributed by atoms with van der Waals surface area (Å²) in [5, 5.41) is 22.5. The molecule has 5 nitrogen and oxygen atoms in total. The van der Waals surface area contributed by atoms with E-state index >= 15 is 0 Å². The summed E-state index contributed by atoms with van der Waals surface area (Å²) in [7, 11) is 0. The SMILES string of the molecule is CC(NCC1(O)Cc2ccccc2C1)c1ccccc1-n1ccnn1. The van der Waals surface area contributed by atoms with Crippen LogP contribution in [-0.4, -0.2) is 32.2 Å². The molecule has 0 amide bonds. The standard InChI is InChI=1S/C20H22N4O/c1-15(18-8-4-5-9-19(18)24-11-10-22-23-24)21-14-20(25)12-16-6-2-3-7-17(16)13-20/h2-11,15,21,25H,12-14H2,1H3. The van der Waals surface area contributed by atoms with E-state index in [-0.39, 0.29) is 6.04 Å². The van der Waals surface area contributed by atoms with Gasteiger partial charge in [-0.05, 0) is 29.7 Å². The number of aromatic nitrogens is 3. The van der Waals surface area contributed by atoms with Gasteiger partial charge in [-0.25, -0.2) is 4.68 Å². The third kappa shape index (κ3) is 3.21. The zero-order valence-electron chi connectivity index (χ0n) is 14.3. The minimum Gasteiger partial charge on any atom is -0.388 e. The van der Waals surface area contributed by atoms with Crippen LogP contribution in [0.1, 0.15) is 29.7 Å². The molecule has 0 fully saturated rings. The third-order valence-corrected chi connectivity index (χ3v) is 4.97. The molecule has 0 bridgehead atoms. The van der Waals surface area contributed by atoms with Gasteiger partial charge in [-0.2, -0.15) is 0 Å². The molecule has 0 radical (unpaired) electrons. The fraction of sp³-hybridized carbons (Fsp3) is 0.300.